The molecule has 0 fully saturated rings. The summed E-state index contributed by atoms with van der Waals surface area (Å²) < 4.78 is 0. The van der Waals surface area contributed by atoms with Crippen LogP contribution in [0.15, 0.2) is 0 Å². The number of rotatable bonds is 31. The van der Waals surface area contributed by atoms with Gasteiger partial charge in [0.2, 0.25) is 0 Å². The normalized spacial score (nSPS) is 11.0. The Morgan fingerprint density at radius 1 is 0.340 bits per heavy atom. The fourth-order valence-electron chi connectivity index (χ4n) is 5.33. The number of hydrogen-bond acceptors (Lipinski definition) is 5. The summed E-state index contributed by atoms with van der Waals surface area (Å²) in [6.45, 7) is 36.5. The van der Waals surface area contributed by atoms with Crippen molar-refractivity contribution in [1.29, 1.82) is 0 Å². The van der Waals surface area contributed by atoms with E-state index in [1.165, 1.54) is 168 Å². The average Bonchev–Trinajstić information content (AvgIpc) is 3.10. The molecule has 0 aliphatic rings. The van der Waals surface area contributed by atoms with Crippen LogP contribution in [0.25, 0.3) is 0 Å². The van der Waals surface area contributed by atoms with Gasteiger partial charge in [0.1, 0.15) is 0 Å². The molecule has 290 valence electrons. The highest BCUT2D eigenvalue weighted by Crippen LogP contribution is 2.01. The van der Waals surface area contributed by atoms with Crippen LogP contribution >= 0.6 is 0 Å². The third-order valence-corrected chi connectivity index (χ3v) is 9.30. The molecule has 0 aromatic heterocycles. The lowest BCUT2D eigenvalue weighted by atomic mass is 10.1. The molecular formula is C42H97N5. The van der Waals surface area contributed by atoms with Crippen molar-refractivity contribution >= 4 is 0 Å². The van der Waals surface area contributed by atoms with Crippen LogP contribution in [0.5, 0.6) is 0 Å². The van der Waals surface area contributed by atoms with Crippen molar-refractivity contribution in [3.63, 3.8) is 0 Å². The number of unbranched alkanes of at least 4 members (excludes halogenated alkanes) is 9. The van der Waals surface area contributed by atoms with Gasteiger partial charge in [0, 0.05) is 31.2 Å². The molecule has 0 aromatic rings. The molecule has 0 spiro atoms. The van der Waals surface area contributed by atoms with E-state index in [0.717, 1.165) is 24.7 Å². The molecule has 0 atom stereocenters. The molecule has 0 bridgehead atoms. The summed E-state index contributed by atoms with van der Waals surface area (Å²) in [6, 6.07) is 2.27. The fourth-order valence-corrected chi connectivity index (χ4v) is 5.33. The minimum atomic E-state index is 0.756. The molecular weight excluding hydrogens is 574 g/mol. The van der Waals surface area contributed by atoms with Crippen molar-refractivity contribution < 1.29 is 0 Å². The summed E-state index contributed by atoms with van der Waals surface area (Å²) in [5.41, 5.74) is 0. The maximum Gasteiger partial charge on any atom is 0.0107 e. The van der Waals surface area contributed by atoms with E-state index in [0.29, 0.717) is 0 Å². The van der Waals surface area contributed by atoms with E-state index in [4.69, 9.17) is 0 Å². The summed E-state index contributed by atoms with van der Waals surface area (Å²) in [6.07, 6.45) is 25.2. The first-order valence-corrected chi connectivity index (χ1v) is 21.5. The van der Waals surface area contributed by atoms with Crippen LogP contribution in [-0.4, -0.2) is 75.4 Å². The van der Waals surface area contributed by atoms with Gasteiger partial charge in [0.15, 0.2) is 0 Å². The average molecular weight is 672 g/mol. The van der Waals surface area contributed by atoms with Gasteiger partial charge in [-0.3, -0.25) is 0 Å². The van der Waals surface area contributed by atoms with Gasteiger partial charge in [0.05, 0.1) is 0 Å². The third kappa shape index (κ3) is 48.0. The van der Waals surface area contributed by atoms with E-state index in [9.17, 15) is 0 Å². The Balaban J connectivity index is -0.000000264. The summed E-state index contributed by atoms with van der Waals surface area (Å²) >= 11 is 0. The highest BCUT2D eigenvalue weighted by atomic mass is 15.1. The van der Waals surface area contributed by atoms with Gasteiger partial charge in [-0.25, -0.2) is 0 Å². The van der Waals surface area contributed by atoms with Gasteiger partial charge in [0.25, 0.3) is 0 Å². The smallest absolute Gasteiger partial charge is 0.0107 e. The van der Waals surface area contributed by atoms with Gasteiger partial charge in [-0.2, -0.15) is 0 Å². The van der Waals surface area contributed by atoms with E-state index in [2.05, 4.69) is 109 Å². The molecule has 0 amide bonds. The quantitative estimate of drug-likeness (QED) is 0.0553. The first-order valence-electron chi connectivity index (χ1n) is 21.5. The second-order valence-electron chi connectivity index (χ2n) is 13.4. The molecule has 0 saturated carbocycles. The zero-order chi connectivity index (χ0) is 36.2. The van der Waals surface area contributed by atoms with Crippen molar-refractivity contribution in [3.05, 3.63) is 0 Å². The molecule has 0 aliphatic carbocycles. The second kappa shape index (κ2) is 50.2. The van der Waals surface area contributed by atoms with Crippen molar-refractivity contribution in [2.24, 2.45) is 0 Å². The lowest BCUT2D eigenvalue weighted by molar-refractivity contribution is 0.302. The van der Waals surface area contributed by atoms with Crippen LogP contribution in [0, 0.1) is 0 Å². The van der Waals surface area contributed by atoms with Gasteiger partial charge < -0.3 is 26.2 Å². The zero-order valence-corrected chi connectivity index (χ0v) is 35.3. The van der Waals surface area contributed by atoms with Gasteiger partial charge in [-0.1, -0.05) is 141 Å². The topological polar surface area (TPSA) is 51.4 Å². The van der Waals surface area contributed by atoms with Gasteiger partial charge in [-0.05, 0) is 103 Å². The molecule has 0 aliphatic heterocycles. The highest BCUT2D eigenvalue weighted by Gasteiger charge is 2.01. The molecule has 0 aromatic carbocycles. The van der Waals surface area contributed by atoms with E-state index in [1.807, 2.05) is 0 Å². The third-order valence-electron chi connectivity index (χ3n) is 9.30. The predicted molar refractivity (Wildman–Crippen MR) is 220 cm³/mol. The summed E-state index contributed by atoms with van der Waals surface area (Å²) in [5.74, 6) is 0. The number of nitrogens with zero attached hydrogens (tertiary/aromatic N) is 1. The van der Waals surface area contributed by atoms with Crippen molar-refractivity contribution in [1.82, 2.24) is 26.2 Å². The largest absolute Gasteiger partial charge is 0.315 e. The van der Waals surface area contributed by atoms with E-state index < -0.39 is 0 Å². The van der Waals surface area contributed by atoms with Crippen LogP contribution in [0.3, 0.4) is 0 Å². The summed E-state index contributed by atoms with van der Waals surface area (Å²) in [5, 5.41) is 14.2. The maximum absolute atomic E-state index is 3.58. The highest BCUT2D eigenvalue weighted by molar-refractivity contribution is 4.63. The molecule has 0 unspecified atom stereocenters. The lowest BCUT2D eigenvalue weighted by Gasteiger charge is -2.17. The van der Waals surface area contributed by atoms with Crippen LogP contribution in [0.1, 0.15) is 205 Å². The Labute approximate surface area is 301 Å². The van der Waals surface area contributed by atoms with Crippen LogP contribution < -0.4 is 21.3 Å². The van der Waals surface area contributed by atoms with E-state index in [-0.39, 0.29) is 0 Å². The van der Waals surface area contributed by atoms with Crippen LogP contribution in [0.2, 0.25) is 0 Å². The Bertz CT molecular complexity index is 474. The Morgan fingerprint density at radius 2 is 0.660 bits per heavy atom. The molecule has 4 N–H and O–H groups in total. The zero-order valence-electron chi connectivity index (χ0n) is 35.3. The molecule has 0 rings (SSSR count). The van der Waals surface area contributed by atoms with E-state index in [1.54, 1.807) is 0 Å². The van der Waals surface area contributed by atoms with Crippen molar-refractivity contribution in [2.45, 2.75) is 223 Å². The van der Waals surface area contributed by atoms with Crippen LogP contribution in [-0.2, 0) is 0 Å². The van der Waals surface area contributed by atoms with Crippen molar-refractivity contribution in [2.75, 3.05) is 52.4 Å². The molecule has 0 saturated heterocycles. The SMILES string of the molecule is CCCCCCNC(CC)CC.CCCCCCNCCN(CC)CC.CCCCCNC(CC)CC.CCCCNC(CC)CC. The van der Waals surface area contributed by atoms with Gasteiger partial charge >= 0.3 is 0 Å². The Morgan fingerprint density at radius 3 is 1.00 bits per heavy atom. The number of nitrogens with one attached hydrogen (secondary N) is 4. The fraction of sp³-hybridized carbons (Fsp3) is 1.00. The van der Waals surface area contributed by atoms with E-state index >= 15 is 0 Å². The molecule has 5 nitrogen and oxygen atoms in total. The molecule has 0 heterocycles. The first-order chi connectivity index (χ1) is 22.9. The molecule has 5 heteroatoms. The predicted octanol–water partition coefficient (Wildman–Crippen LogP) is 11.4. The Kier molecular flexibility index (Phi) is 57.2. The minimum Gasteiger partial charge on any atom is -0.315 e. The monoisotopic (exact) mass is 672 g/mol. The van der Waals surface area contributed by atoms with Crippen molar-refractivity contribution in [3.8, 4) is 0 Å². The Hall–Kier alpha value is -0.200. The number of hydrogen-bond donors (Lipinski definition) is 4. The van der Waals surface area contributed by atoms with Crippen LogP contribution in [0.4, 0.5) is 0 Å². The standard InChI is InChI=1S/C12H28N2.C11H25N.C10H23N.C9H21N/c1-4-7-8-9-10-13-11-12-14(5-2)6-3;1-4-7-8-9-10-12-11(5-2)6-3;1-4-7-8-9-11-10(5-2)6-3;1-4-7-8-10-9(5-2)6-3/h13H,4-12H2,1-3H3;11-12H,4-10H2,1-3H3;10-11H,4-9H2,1-3H3;9-10H,4-8H2,1-3H3. The minimum absolute atomic E-state index is 0.756. The first kappa shape index (κ1) is 53.6. The molecule has 47 heavy (non-hydrogen) atoms. The second-order valence-corrected chi connectivity index (χ2v) is 13.4. The van der Waals surface area contributed by atoms with Gasteiger partial charge in [-0.15, -0.1) is 0 Å². The molecule has 0 radical (unpaired) electrons. The maximum atomic E-state index is 3.58. The number of likely N-dealkylation sites (N-methyl/N-ethyl adjacent to an activating group) is 1. The summed E-state index contributed by atoms with van der Waals surface area (Å²) in [7, 11) is 0. The lowest BCUT2D eigenvalue weighted by Crippen LogP contribution is -2.32. The summed E-state index contributed by atoms with van der Waals surface area (Å²) in [4.78, 5) is 2.46.